The van der Waals surface area contributed by atoms with Crippen molar-refractivity contribution in [3.05, 3.63) is 72.9 Å². The molecule has 0 aromatic carbocycles. The maximum atomic E-state index is 12.5. The molecule has 4 heteroatoms. The van der Waals surface area contributed by atoms with E-state index in [1.807, 2.05) is 6.08 Å². The summed E-state index contributed by atoms with van der Waals surface area (Å²) in [5.41, 5.74) is 0. The highest BCUT2D eigenvalue weighted by Crippen LogP contribution is 2.17. The van der Waals surface area contributed by atoms with Crippen LogP contribution >= 0.6 is 0 Å². The number of amides is 1. The number of carbonyl (C=O) groups is 1. The van der Waals surface area contributed by atoms with Gasteiger partial charge in [0, 0.05) is 6.42 Å². The Morgan fingerprint density at radius 2 is 0.672 bits per heavy atom. The number of unbranched alkanes of at least 4 members (excludes halogenated alkanes) is 37. The largest absolute Gasteiger partial charge is 0.394 e. The number of aliphatic hydroxyl groups excluding tert-OH is 2. The third-order valence-electron chi connectivity index (χ3n) is 13.4. The number of carbonyl (C=O) groups excluding carboxylic acids is 1. The molecule has 0 aliphatic carbocycles. The Morgan fingerprint density at radius 3 is 1.04 bits per heavy atom. The molecule has 0 aliphatic heterocycles. The van der Waals surface area contributed by atoms with Crippen molar-refractivity contribution in [2.24, 2.45) is 0 Å². The SMILES string of the molecule is CC/C=C\C/C=C\C/C=C\C/C=C\CCCCCCCCCCCCCCCCCCCCCCCCC(=O)NC(CO)C(O)/C=C/CC/C=C/CCCCCCCCCCCCCCCC. The van der Waals surface area contributed by atoms with Gasteiger partial charge in [0.15, 0.2) is 0 Å². The van der Waals surface area contributed by atoms with Gasteiger partial charge in [0.1, 0.15) is 0 Å². The number of aliphatic hydroxyl groups is 2. The van der Waals surface area contributed by atoms with Crippen molar-refractivity contribution < 1.29 is 15.0 Å². The van der Waals surface area contributed by atoms with Crippen molar-refractivity contribution in [2.45, 2.75) is 315 Å². The lowest BCUT2D eigenvalue weighted by molar-refractivity contribution is -0.123. The Hall–Kier alpha value is -2.17. The Bertz CT molecular complexity index is 1150. The monoisotopic (exact) mass is 934 g/mol. The molecule has 0 saturated carbocycles. The van der Waals surface area contributed by atoms with Crippen LogP contribution in [0.15, 0.2) is 72.9 Å². The van der Waals surface area contributed by atoms with Crippen LogP contribution in [0.4, 0.5) is 0 Å². The number of hydrogen-bond donors (Lipinski definition) is 3. The van der Waals surface area contributed by atoms with E-state index >= 15 is 0 Å². The molecule has 3 N–H and O–H groups in total. The number of allylic oxidation sites excluding steroid dienone is 11. The molecule has 1 amide bonds. The van der Waals surface area contributed by atoms with E-state index in [0.29, 0.717) is 6.42 Å². The van der Waals surface area contributed by atoms with E-state index in [9.17, 15) is 15.0 Å². The summed E-state index contributed by atoms with van der Waals surface area (Å²) in [7, 11) is 0. The average molecular weight is 935 g/mol. The smallest absolute Gasteiger partial charge is 0.220 e. The molecule has 0 spiro atoms. The van der Waals surface area contributed by atoms with E-state index in [1.165, 1.54) is 225 Å². The maximum absolute atomic E-state index is 12.5. The second kappa shape index (κ2) is 58.1. The Morgan fingerprint density at radius 1 is 0.373 bits per heavy atom. The third-order valence-corrected chi connectivity index (χ3v) is 13.4. The molecule has 67 heavy (non-hydrogen) atoms. The predicted molar refractivity (Wildman–Crippen MR) is 299 cm³/mol. The number of hydrogen-bond acceptors (Lipinski definition) is 3. The van der Waals surface area contributed by atoms with Crippen molar-refractivity contribution in [3.8, 4) is 0 Å². The summed E-state index contributed by atoms with van der Waals surface area (Å²) < 4.78 is 0. The van der Waals surface area contributed by atoms with E-state index in [4.69, 9.17) is 0 Å². The second-order valence-electron chi connectivity index (χ2n) is 20.0. The summed E-state index contributed by atoms with van der Waals surface area (Å²) in [6.07, 6.45) is 83.7. The summed E-state index contributed by atoms with van der Waals surface area (Å²) in [6, 6.07) is -0.640. The van der Waals surface area contributed by atoms with Gasteiger partial charge in [-0.15, -0.1) is 0 Å². The maximum Gasteiger partial charge on any atom is 0.220 e. The van der Waals surface area contributed by atoms with Gasteiger partial charge in [-0.05, 0) is 70.6 Å². The van der Waals surface area contributed by atoms with E-state index < -0.39 is 12.1 Å². The highest BCUT2D eigenvalue weighted by molar-refractivity contribution is 5.76. The quantitative estimate of drug-likeness (QED) is 0.0420. The molecule has 0 aromatic heterocycles. The molecule has 0 saturated heterocycles. The minimum atomic E-state index is -0.863. The van der Waals surface area contributed by atoms with Crippen molar-refractivity contribution in [2.75, 3.05) is 6.61 Å². The first-order chi connectivity index (χ1) is 33.2. The van der Waals surface area contributed by atoms with Crippen LogP contribution in [0, 0.1) is 0 Å². The van der Waals surface area contributed by atoms with Crippen LogP contribution in [0.1, 0.15) is 303 Å². The molecular formula is C63H115NO3. The normalized spacial score (nSPS) is 13.3. The van der Waals surface area contributed by atoms with Gasteiger partial charge < -0.3 is 15.5 Å². The van der Waals surface area contributed by atoms with Crippen LogP contribution in [0.2, 0.25) is 0 Å². The first kappa shape index (κ1) is 64.8. The molecule has 4 nitrogen and oxygen atoms in total. The van der Waals surface area contributed by atoms with Crippen LogP contribution < -0.4 is 5.32 Å². The molecule has 0 aromatic rings. The third kappa shape index (κ3) is 54.6. The summed E-state index contributed by atoms with van der Waals surface area (Å²) in [4.78, 5) is 12.5. The van der Waals surface area contributed by atoms with E-state index in [1.54, 1.807) is 6.08 Å². The molecule has 0 aliphatic rings. The topological polar surface area (TPSA) is 69.6 Å². The highest BCUT2D eigenvalue weighted by atomic mass is 16.3. The number of rotatable bonds is 54. The minimum Gasteiger partial charge on any atom is -0.394 e. The highest BCUT2D eigenvalue weighted by Gasteiger charge is 2.18. The Kier molecular flexibility index (Phi) is 56.3. The molecule has 0 heterocycles. The van der Waals surface area contributed by atoms with Gasteiger partial charge in [0.25, 0.3) is 0 Å². The van der Waals surface area contributed by atoms with Crippen LogP contribution in [-0.4, -0.2) is 34.9 Å². The minimum absolute atomic E-state index is 0.0701. The van der Waals surface area contributed by atoms with Crippen molar-refractivity contribution >= 4 is 5.91 Å². The van der Waals surface area contributed by atoms with Crippen LogP contribution in [-0.2, 0) is 4.79 Å². The van der Waals surface area contributed by atoms with Gasteiger partial charge in [-0.3, -0.25) is 4.79 Å². The summed E-state index contributed by atoms with van der Waals surface area (Å²) >= 11 is 0. The van der Waals surface area contributed by atoms with Crippen LogP contribution in [0.5, 0.6) is 0 Å². The standard InChI is InChI=1S/C63H115NO3/c1-3-5-7-9-11-13-15-17-19-21-23-25-26-27-28-29-30-31-32-33-34-35-36-37-38-39-41-43-45-47-49-51-53-55-57-59-63(67)64-61(60-65)62(66)58-56-54-52-50-48-46-44-42-40-24-22-20-18-16-14-12-10-8-6-4-2/h5,7,11,13,17,19,23,25,48,50,56,58,61-62,65-66H,3-4,6,8-10,12,14-16,18,20-22,24,26-47,49,51-55,57,59-60H2,1-2H3,(H,64,67)/b7-5-,13-11-,19-17-,25-23-,50-48+,58-56+. The second-order valence-corrected chi connectivity index (χ2v) is 20.0. The van der Waals surface area contributed by atoms with Gasteiger partial charge in [-0.1, -0.05) is 299 Å². The zero-order valence-electron chi connectivity index (χ0n) is 44.9. The van der Waals surface area contributed by atoms with E-state index in [2.05, 4.69) is 79.9 Å². The lowest BCUT2D eigenvalue weighted by Crippen LogP contribution is -2.45. The van der Waals surface area contributed by atoms with Gasteiger partial charge in [0.2, 0.25) is 5.91 Å². The zero-order chi connectivity index (χ0) is 48.5. The fourth-order valence-corrected chi connectivity index (χ4v) is 8.95. The van der Waals surface area contributed by atoms with Gasteiger partial charge in [-0.2, -0.15) is 0 Å². The first-order valence-corrected chi connectivity index (χ1v) is 29.7. The van der Waals surface area contributed by atoms with Gasteiger partial charge in [-0.25, -0.2) is 0 Å². The molecule has 0 fully saturated rings. The van der Waals surface area contributed by atoms with Crippen LogP contribution in [0.25, 0.3) is 0 Å². The van der Waals surface area contributed by atoms with E-state index in [0.717, 1.165) is 57.8 Å². The van der Waals surface area contributed by atoms with Crippen molar-refractivity contribution in [3.63, 3.8) is 0 Å². The summed E-state index contributed by atoms with van der Waals surface area (Å²) in [5, 5.41) is 23.2. The summed E-state index contributed by atoms with van der Waals surface area (Å²) in [5.74, 6) is -0.0701. The molecule has 390 valence electrons. The zero-order valence-corrected chi connectivity index (χ0v) is 44.9. The lowest BCUT2D eigenvalue weighted by Gasteiger charge is -2.19. The van der Waals surface area contributed by atoms with Gasteiger partial charge >= 0.3 is 0 Å². The number of nitrogens with one attached hydrogen (secondary N) is 1. The Labute approximate surface area is 419 Å². The van der Waals surface area contributed by atoms with Crippen LogP contribution in [0.3, 0.4) is 0 Å². The lowest BCUT2D eigenvalue weighted by atomic mass is 10.0. The summed E-state index contributed by atoms with van der Waals surface area (Å²) in [6.45, 7) is 4.21. The molecular weight excluding hydrogens is 819 g/mol. The molecule has 0 bridgehead atoms. The van der Waals surface area contributed by atoms with Crippen molar-refractivity contribution in [1.29, 1.82) is 0 Å². The first-order valence-electron chi connectivity index (χ1n) is 29.7. The Balaban J connectivity index is 3.47. The fourth-order valence-electron chi connectivity index (χ4n) is 8.95. The van der Waals surface area contributed by atoms with Crippen molar-refractivity contribution in [1.82, 2.24) is 5.32 Å². The molecule has 2 unspecified atom stereocenters. The van der Waals surface area contributed by atoms with Gasteiger partial charge in [0.05, 0.1) is 18.8 Å². The average Bonchev–Trinajstić information content (AvgIpc) is 3.33. The fraction of sp³-hybridized carbons (Fsp3) is 0.794. The molecule has 2 atom stereocenters. The molecule has 0 rings (SSSR count). The molecule has 0 radical (unpaired) electrons. The van der Waals surface area contributed by atoms with E-state index in [-0.39, 0.29) is 12.5 Å². The predicted octanol–water partition coefficient (Wildman–Crippen LogP) is 19.8.